The molecule has 3 aromatic rings. The number of aromatic nitrogens is 2. The molecule has 0 bridgehead atoms. The highest BCUT2D eigenvalue weighted by molar-refractivity contribution is 5.97. The second-order valence-electron chi connectivity index (χ2n) is 6.88. The van der Waals surface area contributed by atoms with Crippen molar-refractivity contribution in [3.8, 4) is 22.8 Å². The fourth-order valence-electron chi connectivity index (χ4n) is 3.25. The van der Waals surface area contributed by atoms with Crippen molar-refractivity contribution in [2.45, 2.75) is 12.5 Å². The first-order chi connectivity index (χ1) is 14.5. The first kappa shape index (κ1) is 19.5. The Morgan fingerprint density at radius 1 is 1.10 bits per heavy atom. The number of carbonyl (C=O) groups excluding carboxylic acids is 2. The molecule has 8 heteroatoms. The molecule has 1 atom stereocenters. The van der Waals surface area contributed by atoms with Gasteiger partial charge in [-0.1, -0.05) is 30.3 Å². The van der Waals surface area contributed by atoms with E-state index in [9.17, 15) is 9.59 Å². The summed E-state index contributed by atoms with van der Waals surface area (Å²) in [5.41, 5.74) is 7.27. The molecule has 2 N–H and O–H groups in total. The van der Waals surface area contributed by atoms with Gasteiger partial charge in [0.25, 0.3) is 5.91 Å². The van der Waals surface area contributed by atoms with Gasteiger partial charge >= 0.3 is 5.97 Å². The van der Waals surface area contributed by atoms with Gasteiger partial charge in [0.2, 0.25) is 6.10 Å². The number of nitrogens with two attached hydrogens (primary N) is 1. The molecule has 0 aliphatic carbocycles. The van der Waals surface area contributed by atoms with Crippen LogP contribution in [0, 0.1) is 0 Å². The van der Waals surface area contributed by atoms with E-state index < -0.39 is 18.0 Å². The molecule has 1 amide bonds. The third kappa shape index (κ3) is 3.98. The van der Waals surface area contributed by atoms with Crippen LogP contribution in [0.5, 0.6) is 11.5 Å². The van der Waals surface area contributed by atoms with Crippen LogP contribution in [0.2, 0.25) is 0 Å². The quantitative estimate of drug-likeness (QED) is 0.652. The molecular weight excluding hydrogens is 386 g/mol. The predicted molar refractivity (Wildman–Crippen MR) is 108 cm³/mol. The zero-order valence-electron chi connectivity index (χ0n) is 16.4. The number of hydrogen-bond acceptors (Lipinski definition) is 6. The Labute approximate surface area is 173 Å². The maximum atomic E-state index is 12.9. The third-order valence-corrected chi connectivity index (χ3v) is 4.66. The molecule has 0 fully saturated rings. The van der Waals surface area contributed by atoms with Crippen molar-refractivity contribution in [3.05, 3.63) is 65.9 Å². The summed E-state index contributed by atoms with van der Waals surface area (Å²) in [6.07, 6.45) is 1.14. The van der Waals surface area contributed by atoms with Gasteiger partial charge < -0.3 is 19.9 Å². The number of fused-ring (bicyclic) bond motifs is 1. The number of benzene rings is 2. The SMILES string of the molecule is Cn1cc(C(=O)O[C@H](C(N)=O)c2ccccc2)c(-c2ccc3c(c2)OCCCO3)n1. The number of esters is 1. The van der Waals surface area contributed by atoms with E-state index in [1.54, 1.807) is 61.8 Å². The zero-order valence-corrected chi connectivity index (χ0v) is 16.4. The lowest BCUT2D eigenvalue weighted by molar-refractivity contribution is -0.127. The Morgan fingerprint density at radius 2 is 1.83 bits per heavy atom. The van der Waals surface area contributed by atoms with E-state index in [-0.39, 0.29) is 5.56 Å². The molecule has 0 radical (unpaired) electrons. The molecule has 30 heavy (non-hydrogen) atoms. The Hall–Kier alpha value is -3.81. The fourth-order valence-corrected chi connectivity index (χ4v) is 3.25. The Kier molecular flexibility index (Phi) is 5.38. The molecule has 1 aliphatic heterocycles. The molecule has 0 saturated carbocycles. The lowest BCUT2D eigenvalue weighted by Crippen LogP contribution is -2.26. The highest BCUT2D eigenvalue weighted by Crippen LogP contribution is 2.35. The van der Waals surface area contributed by atoms with E-state index in [1.165, 1.54) is 4.68 Å². The molecule has 2 heterocycles. The minimum atomic E-state index is -1.20. The van der Waals surface area contributed by atoms with Gasteiger partial charge in [-0.15, -0.1) is 0 Å². The van der Waals surface area contributed by atoms with E-state index in [2.05, 4.69) is 5.10 Å². The van der Waals surface area contributed by atoms with Crippen LogP contribution in [0.1, 0.15) is 28.4 Å². The number of carbonyl (C=O) groups is 2. The lowest BCUT2D eigenvalue weighted by Gasteiger charge is -2.15. The van der Waals surface area contributed by atoms with E-state index in [0.717, 1.165) is 6.42 Å². The van der Waals surface area contributed by atoms with E-state index >= 15 is 0 Å². The van der Waals surface area contributed by atoms with Crippen LogP contribution in [-0.4, -0.2) is 34.9 Å². The molecule has 2 aromatic carbocycles. The lowest BCUT2D eigenvalue weighted by atomic mass is 10.1. The number of hydrogen-bond donors (Lipinski definition) is 1. The summed E-state index contributed by atoms with van der Waals surface area (Å²) in [4.78, 5) is 24.9. The zero-order chi connectivity index (χ0) is 21.1. The van der Waals surface area contributed by atoms with Crippen LogP contribution in [0.25, 0.3) is 11.3 Å². The number of nitrogens with zero attached hydrogens (tertiary/aromatic N) is 2. The van der Waals surface area contributed by atoms with Crippen LogP contribution in [0.15, 0.2) is 54.7 Å². The Balaban J connectivity index is 1.65. The van der Waals surface area contributed by atoms with Crippen molar-refractivity contribution in [3.63, 3.8) is 0 Å². The third-order valence-electron chi connectivity index (χ3n) is 4.66. The number of rotatable bonds is 5. The first-order valence-corrected chi connectivity index (χ1v) is 9.52. The van der Waals surface area contributed by atoms with E-state index in [1.807, 2.05) is 0 Å². The molecule has 1 aromatic heterocycles. The summed E-state index contributed by atoms with van der Waals surface area (Å²) >= 11 is 0. The van der Waals surface area contributed by atoms with Gasteiger partial charge in [-0.2, -0.15) is 5.10 Å². The number of aryl methyl sites for hydroxylation is 1. The Morgan fingerprint density at radius 3 is 2.57 bits per heavy atom. The molecule has 0 unspecified atom stereocenters. The topological polar surface area (TPSA) is 106 Å². The molecule has 154 valence electrons. The van der Waals surface area contributed by atoms with Crippen LogP contribution in [0.3, 0.4) is 0 Å². The standard InChI is InChI=1S/C22H21N3O5/c1-25-13-16(22(27)30-20(21(23)26)14-6-3-2-4-7-14)19(24-25)15-8-9-17-18(12-15)29-11-5-10-28-17/h2-4,6-9,12-13,20H,5,10-11H2,1H3,(H2,23,26)/t20-/m0/s1. The van der Waals surface area contributed by atoms with Crippen molar-refractivity contribution in [2.24, 2.45) is 12.8 Å². The number of ether oxygens (including phenoxy) is 3. The second-order valence-corrected chi connectivity index (χ2v) is 6.88. The number of amides is 1. The van der Waals surface area contributed by atoms with Gasteiger partial charge in [0.15, 0.2) is 11.5 Å². The molecule has 8 nitrogen and oxygen atoms in total. The van der Waals surface area contributed by atoms with Crippen molar-refractivity contribution < 1.29 is 23.8 Å². The maximum Gasteiger partial charge on any atom is 0.343 e. The van der Waals surface area contributed by atoms with Gasteiger partial charge in [0.05, 0.1) is 13.2 Å². The first-order valence-electron chi connectivity index (χ1n) is 9.52. The van der Waals surface area contributed by atoms with Gasteiger partial charge in [-0.25, -0.2) is 4.79 Å². The second kappa shape index (κ2) is 8.28. The minimum Gasteiger partial charge on any atom is -0.490 e. The highest BCUT2D eigenvalue weighted by atomic mass is 16.5. The highest BCUT2D eigenvalue weighted by Gasteiger charge is 2.27. The van der Waals surface area contributed by atoms with Crippen LogP contribution < -0.4 is 15.2 Å². The summed E-state index contributed by atoms with van der Waals surface area (Å²) in [7, 11) is 1.70. The number of primary amides is 1. The van der Waals surface area contributed by atoms with Crippen molar-refractivity contribution in [1.29, 1.82) is 0 Å². The molecule has 4 rings (SSSR count). The largest absolute Gasteiger partial charge is 0.490 e. The van der Waals surface area contributed by atoms with Gasteiger partial charge in [-0.05, 0) is 18.2 Å². The van der Waals surface area contributed by atoms with Gasteiger partial charge in [0, 0.05) is 30.8 Å². The van der Waals surface area contributed by atoms with Gasteiger partial charge in [0.1, 0.15) is 11.3 Å². The Bertz CT molecular complexity index is 1080. The molecule has 0 spiro atoms. The van der Waals surface area contributed by atoms with Crippen molar-refractivity contribution in [1.82, 2.24) is 9.78 Å². The smallest absolute Gasteiger partial charge is 0.343 e. The minimum absolute atomic E-state index is 0.217. The van der Waals surface area contributed by atoms with E-state index in [4.69, 9.17) is 19.9 Å². The average molecular weight is 407 g/mol. The summed E-state index contributed by atoms with van der Waals surface area (Å²) < 4.78 is 18.4. The van der Waals surface area contributed by atoms with Crippen LogP contribution in [-0.2, 0) is 16.6 Å². The van der Waals surface area contributed by atoms with Crippen molar-refractivity contribution in [2.75, 3.05) is 13.2 Å². The van der Waals surface area contributed by atoms with E-state index in [0.29, 0.717) is 41.5 Å². The summed E-state index contributed by atoms with van der Waals surface area (Å²) in [5.74, 6) is -0.211. The summed E-state index contributed by atoms with van der Waals surface area (Å²) in [6, 6.07) is 14.0. The monoisotopic (exact) mass is 407 g/mol. The molecule has 1 aliphatic rings. The van der Waals surface area contributed by atoms with Gasteiger partial charge in [-0.3, -0.25) is 9.48 Å². The molecular formula is C22H21N3O5. The van der Waals surface area contributed by atoms with Crippen LogP contribution >= 0.6 is 0 Å². The summed E-state index contributed by atoms with van der Waals surface area (Å²) in [5, 5.41) is 4.40. The maximum absolute atomic E-state index is 12.9. The fraction of sp³-hybridized carbons (Fsp3) is 0.227. The molecule has 0 saturated heterocycles. The van der Waals surface area contributed by atoms with Crippen LogP contribution in [0.4, 0.5) is 0 Å². The van der Waals surface area contributed by atoms with Crippen molar-refractivity contribution >= 4 is 11.9 Å². The summed E-state index contributed by atoms with van der Waals surface area (Å²) in [6.45, 7) is 1.13. The predicted octanol–water partition coefficient (Wildman–Crippen LogP) is 2.63. The average Bonchev–Trinajstić information content (AvgIpc) is 2.99. The normalized spacial score (nSPS) is 13.9.